The van der Waals surface area contributed by atoms with E-state index in [1.165, 1.54) is 18.0 Å². The molecule has 3 rings (SSSR count). The van der Waals surface area contributed by atoms with Gasteiger partial charge in [-0.3, -0.25) is 9.59 Å². The van der Waals surface area contributed by atoms with E-state index in [1.807, 2.05) is 6.92 Å². The van der Waals surface area contributed by atoms with Gasteiger partial charge in [0.05, 0.1) is 30.9 Å². The highest BCUT2D eigenvalue weighted by Crippen LogP contribution is 2.21. The first-order valence-electron chi connectivity index (χ1n) is 10.2. The number of anilines is 1. The third-order valence-electron chi connectivity index (χ3n) is 4.87. The summed E-state index contributed by atoms with van der Waals surface area (Å²) in [7, 11) is 0. The molecule has 1 aromatic heterocycles. The lowest BCUT2D eigenvalue weighted by Crippen LogP contribution is -2.35. The average molecular weight is 433 g/mol. The van der Waals surface area contributed by atoms with Crippen molar-refractivity contribution in [1.82, 2.24) is 14.9 Å². The van der Waals surface area contributed by atoms with Crippen molar-refractivity contribution < 1.29 is 19.4 Å². The van der Waals surface area contributed by atoms with Gasteiger partial charge in [0.1, 0.15) is 12.3 Å². The van der Waals surface area contributed by atoms with Gasteiger partial charge < -0.3 is 25.0 Å². The average Bonchev–Trinajstić information content (AvgIpc) is 3.38. The minimum absolute atomic E-state index is 0.0786. The first kappa shape index (κ1) is 22.2. The van der Waals surface area contributed by atoms with Crippen molar-refractivity contribution in [2.75, 3.05) is 17.7 Å². The molecular formula is C21H28N4O4S. The summed E-state index contributed by atoms with van der Waals surface area (Å²) in [6, 6.07) is 7.40. The second-order valence-corrected chi connectivity index (χ2v) is 8.06. The molecule has 162 valence electrons. The number of nitrogens with one attached hydrogen (secondary N) is 2. The molecule has 0 aliphatic heterocycles. The Morgan fingerprint density at radius 2 is 1.97 bits per heavy atom. The van der Waals surface area contributed by atoms with Gasteiger partial charge in [0.15, 0.2) is 5.16 Å². The van der Waals surface area contributed by atoms with Gasteiger partial charge >= 0.3 is 0 Å². The number of imidazole rings is 1. The van der Waals surface area contributed by atoms with Gasteiger partial charge in [0, 0.05) is 11.7 Å². The highest BCUT2D eigenvalue weighted by molar-refractivity contribution is 7.99. The van der Waals surface area contributed by atoms with Crippen molar-refractivity contribution in [3.8, 4) is 5.75 Å². The predicted molar refractivity (Wildman–Crippen MR) is 116 cm³/mol. The number of amides is 2. The van der Waals surface area contributed by atoms with Crippen molar-refractivity contribution >= 4 is 29.3 Å². The van der Waals surface area contributed by atoms with E-state index in [9.17, 15) is 14.7 Å². The van der Waals surface area contributed by atoms with Crippen LogP contribution in [0.15, 0.2) is 35.6 Å². The molecule has 1 aliphatic rings. The summed E-state index contributed by atoms with van der Waals surface area (Å²) in [4.78, 5) is 29.0. The maximum Gasteiger partial charge on any atom is 0.240 e. The van der Waals surface area contributed by atoms with Gasteiger partial charge in [-0.05, 0) is 44.0 Å². The smallest absolute Gasteiger partial charge is 0.240 e. The van der Waals surface area contributed by atoms with Crippen LogP contribution in [0.5, 0.6) is 5.75 Å². The highest BCUT2D eigenvalue weighted by atomic mass is 32.2. The monoisotopic (exact) mass is 432 g/mol. The summed E-state index contributed by atoms with van der Waals surface area (Å²) >= 11 is 1.23. The molecule has 1 fully saturated rings. The Kier molecular flexibility index (Phi) is 8.15. The molecule has 1 aromatic carbocycles. The zero-order valence-electron chi connectivity index (χ0n) is 17.1. The molecule has 0 spiro atoms. The Morgan fingerprint density at radius 3 is 2.63 bits per heavy atom. The van der Waals surface area contributed by atoms with E-state index in [1.54, 1.807) is 28.8 Å². The Morgan fingerprint density at radius 1 is 1.23 bits per heavy atom. The minimum atomic E-state index is -0.220. The molecule has 1 saturated carbocycles. The summed E-state index contributed by atoms with van der Waals surface area (Å²) in [6.45, 7) is 2.36. The molecule has 2 amide bonds. The predicted octanol–water partition coefficient (Wildman–Crippen LogP) is 2.56. The van der Waals surface area contributed by atoms with Crippen LogP contribution in [0.4, 0.5) is 5.69 Å². The van der Waals surface area contributed by atoms with Crippen LogP contribution in [-0.4, -0.2) is 44.9 Å². The molecule has 3 N–H and O–H groups in total. The summed E-state index contributed by atoms with van der Waals surface area (Å²) in [6.07, 6.45) is 5.84. The number of aromatic nitrogens is 2. The maximum atomic E-state index is 12.4. The second kappa shape index (κ2) is 11.0. The molecule has 0 saturated heterocycles. The number of nitrogens with zero attached hydrogens (tertiary/aromatic N) is 2. The third kappa shape index (κ3) is 6.24. The van der Waals surface area contributed by atoms with Crippen molar-refractivity contribution in [3.05, 3.63) is 36.2 Å². The van der Waals surface area contributed by atoms with E-state index in [4.69, 9.17) is 4.74 Å². The van der Waals surface area contributed by atoms with Gasteiger partial charge in [-0.2, -0.15) is 0 Å². The zero-order chi connectivity index (χ0) is 21.3. The fraction of sp³-hybridized carbons (Fsp3) is 0.476. The number of aliphatic hydroxyl groups excluding tert-OH is 1. The lowest BCUT2D eigenvalue weighted by molar-refractivity contribution is -0.122. The molecule has 0 bridgehead atoms. The quantitative estimate of drug-likeness (QED) is 0.499. The molecule has 0 unspecified atom stereocenters. The molecule has 0 radical (unpaired) electrons. The molecule has 8 nitrogen and oxygen atoms in total. The summed E-state index contributed by atoms with van der Waals surface area (Å²) in [5.74, 6) is 0.605. The Bertz CT molecular complexity index is 847. The molecule has 30 heavy (non-hydrogen) atoms. The molecule has 0 atom stereocenters. The SMILES string of the molecule is CCOc1ccc(NC(=O)CSc2ncc(CO)n2CC(=O)NC2CCCC2)cc1. The van der Waals surface area contributed by atoms with Crippen LogP contribution in [-0.2, 0) is 22.7 Å². The van der Waals surface area contributed by atoms with Gasteiger partial charge in [-0.25, -0.2) is 4.98 Å². The fourth-order valence-corrected chi connectivity index (χ4v) is 4.22. The number of aliphatic hydroxyl groups is 1. The molecule has 2 aromatic rings. The van der Waals surface area contributed by atoms with Crippen molar-refractivity contribution in [1.29, 1.82) is 0 Å². The van der Waals surface area contributed by atoms with Gasteiger partial charge in [-0.15, -0.1) is 0 Å². The number of rotatable bonds is 10. The van der Waals surface area contributed by atoms with Crippen LogP contribution in [0.1, 0.15) is 38.3 Å². The lowest BCUT2D eigenvalue weighted by atomic mass is 10.2. The number of benzene rings is 1. The largest absolute Gasteiger partial charge is 0.494 e. The van der Waals surface area contributed by atoms with Crippen molar-refractivity contribution in [3.63, 3.8) is 0 Å². The van der Waals surface area contributed by atoms with E-state index in [-0.39, 0.29) is 36.8 Å². The first-order chi connectivity index (χ1) is 14.6. The fourth-order valence-electron chi connectivity index (χ4n) is 3.42. The number of hydrogen-bond acceptors (Lipinski definition) is 6. The number of carbonyl (C=O) groups excluding carboxylic acids is 2. The van der Waals surface area contributed by atoms with Crippen molar-refractivity contribution in [2.24, 2.45) is 0 Å². The van der Waals surface area contributed by atoms with Gasteiger partial charge in [0.2, 0.25) is 11.8 Å². The highest BCUT2D eigenvalue weighted by Gasteiger charge is 2.19. The van der Waals surface area contributed by atoms with Crippen molar-refractivity contribution in [2.45, 2.75) is 57.0 Å². The standard InChI is InChI=1S/C21H28N4O4S/c1-2-29-18-9-7-16(8-10-18)24-20(28)14-30-21-22-11-17(13-26)25(21)12-19(27)23-15-5-3-4-6-15/h7-11,15,26H,2-6,12-14H2,1H3,(H,23,27)(H,24,28). The first-order valence-corrected chi connectivity index (χ1v) is 11.2. The van der Waals surface area contributed by atoms with Crippen LogP contribution in [0.25, 0.3) is 0 Å². The Labute approximate surface area is 180 Å². The van der Waals surface area contributed by atoms with Crippen LogP contribution in [0.3, 0.4) is 0 Å². The molecule has 9 heteroatoms. The number of hydrogen-bond donors (Lipinski definition) is 3. The number of thioether (sulfide) groups is 1. The van der Waals surface area contributed by atoms with Gasteiger partial charge in [-0.1, -0.05) is 24.6 Å². The van der Waals surface area contributed by atoms with Crippen LogP contribution in [0, 0.1) is 0 Å². The van der Waals surface area contributed by atoms with Gasteiger partial charge in [0.25, 0.3) is 0 Å². The minimum Gasteiger partial charge on any atom is -0.494 e. The van der Waals surface area contributed by atoms with Crippen LogP contribution in [0.2, 0.25) is 0 Å². The normalized spacial score (nSPS) is 13.9. The topological polar surface area (TPSA) is 105 Å². The number of ether oxygens (including phenoxy) is 1. The van der Waals surface area contributed by atoms with E-state index in [0.29, 0.717) is 23.1 Å². The lowest BCUT2D eigenvalue weighted by Gasteiger charge is -2.14. The third-order valence-corrected chi connectivity index (χ3v) is 5.86. The Hall–Kier alpha value is -2.52. The zero-order valence-corrected chi connectivity index (χ0v) is 17.9. The van der Waals surface area contributed by atoms with E-state index >= 15 is 0 Å². The van der Waals surface area contributed by atoms with Crippen LogP contribution < -0.4 is 15.4 Å². The van der Waals surface area contributed by atoms with E-state index < -0.39 is 0 Å². The van der Waals surface area contributed by atoms with Crippen LogP contribution >= 0.6 is 11.8 Å². The number of carbonyl (C=O) groups is 2. The molecule has 1 heterocycles. The van der Waals surface area contributed by atoms with E-state index in [0.717, 1.165) is 31.4 Å². The molecule has 1 aliphatic carbocycles. The summed E-state index contributed by atoms with van der Waals surface area (Å²) in [5, 5.41) is 16.0. The molecular weight excluding hydrogens is 404 g/mol. The Balaban J connectivity index is 1.54. The second-order valence-electron chi connectivity index (χ2n) is 7.12. The maximum absolute atomic E-state index is 12.4. The van der Waals surface area contributed by atoms with E-state index in [2.05, 4.69) is 15.6 Å². The summed E-state index contributed by atoms with van der Waals surface area (Å²) in [5.41, 5.74) is 1.23. The summed E-state index contributed by atoms with van der Waals surface area (Å²) < 4.78 is 7.06.